The Labute approximate surface area is 105 Å². The first kappa shape index (κ1) is 14.1. The fraction of sp³-hybridized carbons (Fsp3) is 0.800. The molecule has 1 fully saturated rings. The van der Waals surface area contributed by atoms with Crippen molar-refractivity contribution in [3.8, 4) is 0 Å². The topological polar surface area (TPSA) is 81.7 Å². The number of nitrogens with zero attached hydrogens (tertiary/aromatic N) is 1. The largest absolute Gasteiger partial charge is 0.480 e. The Morgan fingerprint density at radius 1 is 1.47 bits per heavy atom. The van der Waals surface area contributed by atoms with Gasteiger partial charge in [0, 0.05) is 26.2 Å². The van der Waals surface area contributed by atoms with Crippen molar-refractivity contribution in [2.75, 3.05) is 38.2 Å². The van der Waals surface area contributed by atoms with Crippen LogP contribution in [-0.4, -0.2) is 66.2 Å². The van der Waals surface area contributed by atoms with Crippen LogP contribution < -0.4 is 10.6 Å². The monoisotopic (exact) mass is 261 g/mol. The molecule has 0 aromatic rings. The van der Waals surface area contributed by atoms with E-state index < -0.39 is 12.0 Å². The third-order valence-electron chi connectivity index (χ3n) is 2.61. The summed E-state index contributed by atoms with van der Waals surface area (Å²) in [5.41, 5.74) is 0. The van der Waals surface area contributed by atoms with Crippen LogP contribution >= 0.6 is 11.8 Å². The Balaban J connectivity index is 2.42. The summed E-state index contributed by atoms with van der Waals surface area (Å²) >= 11 is 1.57. The minimum atomic E-state index is -0.970. The van der Waals surface area contributed by atoms with Crippen LogP contribution in [0.15, 0.2) is 0 Å². The van der Waals surface area contributed by atoms with Crippen LogP contribution in [0, 0.1) is 0 Å². The van der Waals surface area contributed by atoms with Crippen molar-refractivity contribution in [1.29, 1.82) is 0 Å². The number of aliphatic carboxylic acids is 1. The van der Waals surface area contributed by atoms with Gasteiger partial charge in [-0.1, -0.05) is 0 Å². The second kappa shape index (κ2) is 7.39. The SMILES string of the molecule is CSCC[C@H](NC(=O)N1CCNCC1)C(=O)O. The fourth-order valence-corrected chi connectivity index (χ4v) is 2.07. The van der Waals surface area contributed by atoms with E-state index in [0.717, 1.165) is 18.8 Å². The molecule has 1 heterocycles. The van der Waals surface area contributed by atoms with Crippen LogP contribution in [-0.2, 0) is 4.79 Å². The molecular weight excluding hydrogens is 242 g/mol. The maximum absolute atomic E-state index is 11.8. The number of rotatable bonds is 5. The van der Waals surface area contributed by atoms with Crippen molar-refractivity contribution in [1.82, 2.24) is 15.5 Å². The normalized spacial score (nSPS) is 17.6. The van der Waals surface area contributed by atoms with Crippen LogP contribution in [0.1, 0.15) is 6.42 Å². The van der Waals surface area contributed by atoms with Gasteiger partial charge < -0.3 is 20.6 Å². The van der Waals surface area contributed by atoms with E-state index >= 15 is 0 Å². The number of nitrogens with one attached hydrogen (secondary N) is 2. The minimum Gasteiger partial charge on any atom is -0.480 e. The zero-order chi connectivity index (χ0) is 12.7. The van der Waals surface area contributed by atoms with Crippen molar-refractivity contribution in [3.05, 3.63) is 0 Å². The van der Waals surface area contributed by atoms with Gasteiger partial charge in [-0.05, 0) is 18.4 Å². The third kappa shape index (κ3) is 4.82. The molecule has 1 saturated heterocycles. The van der Waals surface area contributed by atoms with E-state index in [2.05, 4.69) is 10.6 Å². The number of hydrogen-bond acceptors (Lipinski definition) is 4. The summed E-state index contributed by atoms with van der Waals surface area (Å²) in [6, 6.07) is -1.06. The molecule has 0 aromatic heterocycles. The van der Waals surface area contributed by atoms with Gasteiger partial charge in [-0.15, -0.1) is 0 Å². The van der Waals surface area contributed by atoms with Gasteiger partial charge >= 0.3 is 12.0 Å². The third-order valence-corrected chi connectivity index (χ3v) is 3.25. The van der Waals surface area contributed by atoms with Crippen molar-refractivity contribution >= 4 is 23.8 Å². The Bertz CT molecular complexity index is 270. The molecule has 0 spiro atoms. The lowest BCUT2D eigenvalue weighted by atomic mass is 10.2. The van der Waals surface area contributed by atoms with Crippen molar-refractivity contribution in [2.45, 2.75) is 12.5 Å². The zero-order valence-corrected chi connectivity index (χ0v) is 10.8. The van der Waals surface area contributed by atoms with Crippen molar-refractivity contribution < 1.29 is 14.7 Å². The number of thioether (sulfide) groups is 1. The average molecular weight is 261 g/mol. The second-order valence-electron chi connectivity index (χ2n) is 3.86. The number of amides is 2. The zero-order valence-electron chi connectivity index (χ0n) is 9.94. The predicted molar refractivity (Wildman–Crippen MR) is 67.4 cm³/mol. The summed E-state index contributed by atoms with van der Waals surface area (Å²) in [7, 11) is 0. The maximum Gasteiger partial charge on any atom is 0.326 e. The summed E-state index contributed by atoms with van der Waals surface area (Å²) in [6.45, 7) is 2.77. The summed E-state index contributed by atoms with van der Waals surface area (Å²) < 4.78 is 0. The lowest BCUT2D eigenvalue weighted by molar-refractivity contribution is -0.139. The first-order valence-electron chi connectivity index (χ1n) is 5.63. The van der Waals surface area contributed by atoms with Crippen LogP contribution in [0.2, 0.25) is 0 Å². The van der Waals surface area contributed by atoms with Crippen LogP contribution in [0.3, 0.4) is 0 Å². The highest BCUT2D eigenvalue weighted by Gasteiger charge is 2.23. The number of urea groups is 1. The van der Waals surface area contributed by atoms with E-state index in [9.17, 15) is 9.59 Å². The Hall–Kier alpha value is -0.950. The standard InChI is InChI=1S/C10H19N3O3S/c1-17-7-2-8(9(14)15)12-10(16)13-5-3-11-4-6-13/h8,11H,2-7H2,1H3,(H,12,16)(H,14,15)/t8-/m0/s1. The Morgan fingerprint density at radius 3 is 2.65 bits per heavy atom. The number of piperazine rings is 1. The first-order chi connectivity index (χ1) is 8.15. The van der Waals surface area contributed by atoms with Crippen molar-refractivity contribution in [2.24, 2.45) is 0 Å². The number of carboxylic acids is 1. The molecule has 0 unspecified atom stereocenters. The molecule has 1 atom stereocenters. The molecule has 1 aliphatic rings. The van der Waals surface area contributed by atoms with E-state index in [4.69, 9.17) is 5.11 Å². The molecule has 2 amide bonds. The van der Waals surface area contributed by atoms with Crippen LogP contribution in [0.25, 0.3) is 0 Å². The van der Waals surface area contributed by atoms with Gasteiger partial charge in [-0.25, -0.2) is 9.59 Å². The Kier molecular flexibility index (Phi) is 6.13. The molecule has 1 aliphatic heterocycles. The smallest absolute Gasteiger partial charge is 0.326 e. The maximum atomic E-state index is 11.8. The number of hydrogen-bond donors (Lipinski definition) is 3. The van der Waals surface area contributed by atoms with E-state index in [1.165, 1.54) is 0 Å². The average Bonchev–Trinajstić information content (AvgIpc) is 2.35. The predicted octanol–water partition coefficient (Wildman–Crippen LogP) is -0.192. The van der Waals surface area contributed by atoms with Gasteiger partial charge in [0.05, 0.1) is 0 Å². The molecule has 0 aromatic carbocycles. The van der Waals surface area contributed by atoms with Gasteiger partial charge in [0.2, 0.25) is 0 Å². The quantitative estimate of drug-likeness (QED) is 0.639. The molecule has 17 heavy (non-hydrogen) atoms. The number of carbonyl (C=O) groups excluding carboxylic acids is 1. The van der Waals surface area contributed by atoms with E-state index in [1.54, 1.807) is 16.7 Å². The van der Waals surface area contributed by atoms with Crippen LogP contribution in [0.5, 0.6) is 0 Å². The molecule has 0 saturated carbocycles. The highest BCUT2D eigenvalue weighted by atomic mass is 32.2. The summed E-state index contributed by atoms with van der Waals surface area (Å²) in [5.74, 6) is -0.249. The molecular formula is C10H19N3O3S. The lowest BCUT2D eigenvalue weighted by Crippen LogP contribution is -2.53. The van der Waals surface area contributed by atoms with Gasteiger partial charge in [-0.3, -0.25) is 0 Å². The second-order valence-corrected chi connectivity index (χ2v) is 4.84. The summed E-state index contributed by atoms with van der Waals surface area (Å²) in [5, 5.41) is 14.7. The highest BCUT2D eigenvalue weighted by Crippen LogP contribution is 2.02. The molecule has 1 rings (SSSR count). The fourth-order valence-electron chi connectivity index (χ4n) is 1.60. The lowest BCUT2D eigenvalue weighted by Gasteiger charge is -2.28. The summed E-state index contributed by atoms with van der Waals surface area (Å²) in [4.78, 5) is 24.4. The summed E-state index contributed by atoms with van der Waals surface area (Å²) in [6.07, 6.45) is 2.37. The molecule has 3 N–H and O–H groups in total. The first-order valence-corrected chi connectivity index (χ1v) is 7.02. The van der Waals surface area contributed by atoms with Crippen molar-refractivity contribution in [3.63, 3.8) is 0 Å². The molecule has 98 valence electrons. The highest BCUT2D eigenvalue weighted by molar-refractivity contribution is 7.98. The van der Waals surface area contributed by atoms with Gasteiger partial charge in [0.1, 0.15) is 6.04 Å². The molecule has 6 nitrogen and oxygen atoms in total. The Morgan fingerprint density at radius 2 is 2.12 bits per heavy atom. The number of carbonyl (C=O) groups is 2. The molecule has 7 heteroatoms. The van der Waals surface area contributed by atoms with Gasteiger partial charge in [0.25, 0.3) is 0 Å². The van der Waals surface area contributed by atoms with E-state index in [1.807, 2.05) is 6.26 Å². The molecule has 0 radical (unpaired) electrons. The van der Waals surface area contributed by atoms with E-state index in [-0.39, 0.29) is 6.03 Å². The van der Waals surface area contributed by atoms with E-state index in [0.29, 0.717) is 19.5 Å². The van der Waals surface area contributed by atoms with Gasteiger partial charge in [0.15, 0.2) is 0 Å². The minimum absolute atomic E-state index is 0.278. The molecule has 0 bridgehead atoms. The molecule has 0 aliphatic carbocycles. The van der Waals surface area contributed by atoms with Gasteiger partial charge in [-0.2, -0.15) is 11.8 Å². The number of carboxylic acid groups (broad SMARTS) is 1. The van der Waals surface area contributed by atoms with Crippen LogP contribution in [0.4, 0.5) is 4.79 Å².